The molecule has 1 aliphatic heterocycles. The molecule has 1 amide bonds. The van der Waals surface area contributed by atoms with Gasteiger partial charge in [-0.2, -0.15) is 0 Å². The fourth-order valence-electron chi connectivity index (χ4n) is 3.49. The number of methoxy groups -OCH3 is 1. The summed E-state index contributed by atoms with van der Waals surface area (Å²) < 4.78 is 10.1. The number of anilines is 2. The summed E-state index contributed by atoms with van der Waals surface area (Å²) in [6.07, 6.45) is 0. The van der Waals surface area contributed by atoms with E-state index in [1.54, 1.807) is 6.92 Å². The van der Waals surface area contributed by atoms with Gasteiger partial charge in [0.05, 0.1) is 37.0 Å². The van der Waals surface area contributed by atoms with Crippen molar-refractivity contribution in [3.05, 3.63) is 51.9 Å². The third-order valence-electron chi connectivity index (χ3n) is 5.06. The summed E-state index contributed by atoms with van der Waals surface area (Å²) >= 11 is 1.07. The Hall–Kier alpha value is -3.44. The monoisotopic (exact) mass is 469 g/mol. The van der Waals surface area contributed by atoms with E-state index in [0.717, 1.165) is 30.5 Å². The number of esters is 1. The fourth-order valence-corrected chi connectivity index (χ4v) is 4.15. The molecule has 0 atom stereocenters. The number of hydrogen-bond acceptors (Lipinski definition) is 9. The average Bonchev–Trinajstić information content (AvgIpc) is 2.82. The lowest BCUT2D eigenvalue weighted by Crippen LogP contribution is -2.36. The molecule has 0 radical (unpaired) electrons. The lowest BCUT2D eigenvalue weighted by molar-refractivity contribution is -0.113. The third kappa shape index (κ3) is 5.32. The summed E-state index contributed by atoms with van der Waals surface area (Å²) in [7, 11) is 1.24. The van der Waals surface area contributed by atoms with Crippen LogP contribution in [-0.4, -0.2) is 66.0 Å². The van der Waals surface area contributed by atoms with Crippen molar-refractivity contribution >= 4 is 46.0 Å². The number of carbonyl (C=O) groups is 2. The van der Waals surface area contributed by atoms with E-state index in [1.165, 1.54) is 13.2 Å². The second-order valence-corrected chi connectivity index (χ2v) is 8.32. The number of carbonyl (C=O) groups excluding carboxylic acids is 2. The molecule has 1 aliphatic rings. The zero-order chi connectivity index (χ0) is 23.4. The van der Waals surface area contributed by atoms with Crippen molar-refractivity contribution in [2.45, 2.75) is 12.1 Å². The molecule has 3 heterocycles. The number of H-pyrrole nitrogens is 1. The van der Waals surface area contributed by atoms with Crippen molar-refractivity contribution < 1.29 is 19.1 Å². The molecule has 0 bridgehead atoms. The highest BCUT2D eigenvalue weighted by molar-refractivity contribution is 7.99. The first-order chi connectivity index (χ1) is 15.9. The Morgan fingerprint density at radius 1 is 1.21 bits per heavy atom. The molecule has 1 fully saturated rings. The number of benzene rings is 1. The van der Waals surface area contributed by atoms with Crippen LogP contribution in [0.2, 0.25) is 0 Å². The van der Waals surface area contributed by atoms with Crippen molar-refractivity contribution in [2.75, 3.05) is 49.4 Å². The molecule has 0 aliphatic carbocycles. The molecule has 1 saturated heterocycles. The van der Waals surface area contributed by atoms with E-state index in [9.17, 15) is 14.4 Å². The maximum absolute atomic E-state index is 12.6. The summed E-state index contributed by atoms with van der Waals surface area (Å²) in [6.45, 7) is 4.79. The summed E-state index contributed by atoms with van der Waals surface area (Å²) in [6, 6.07) is 9.11. The van der Waals surface area contributed by atoms with Crippen LogP contribution in [0, 0.1) is 6.92 Å². The van der Waals surface area contributed by atoms with Gasteiger partial charge in [-0.1, -0.05) is 11.8 Å². The van der Waals surface area contributed by atoms with Crippen LogP contribution in [0.3, 0.4) is 0 Å². The molecule has 3 aromatic rings. The maximum Gasteiger partial charge on any atom is 0.338 e. The van der Waals surface area contributed by atoms with Crippen molar-refractivity contribution in [1.29, 1.82) is 0 Å². The van der Waals surface area contributed by atoms with E-state index in [-0.39, 0.29) is 33.4 Å². The van der Waals surface area contributed by atoms with Gasteiger partial charge < -0.3 is 24.7 Å². The van der Waals surface area contributed by atoms with Gasteiger partial charge in [0, 0.05) is 30.2 Å². The van der Waals surface area contributed by atoms with Crippen molar-refractivity contribution in [3.8, 4) is 0 Å². The number of thioether (sulfide) groups is 1. The quantitative estimate of drug-likeness (QED) is 0.316. The van der Waals surface area contributed by atoms with E-state index in [4.69, 9.17) is 9.47 Å². The molecule has 0 saturated carbocycles. The van der Waals surface area contributed by atoms with Crippen LogP contribution in [0.25, 0.3) is 11.0 Å². The topological polar surface area (TPSA) is 127 Å². The van der Waals surface area contributed by atoms with Crippen LogP contribution >= 0.6 is 11.8 Å². The second-order valence-electron chi connectivity index (χ2n) is 7.36. The highest BCUT2D eigenvalue weighted by atomic mass is 32.2. The summed E-state index contributed by atoms with van der Waals surface area (Å²) in [4.78, 5) is 50.4. The largest absolute Gasteiger partial charge is 0.465 e. The minimum absolute atomic E-state index is 0.0370. The highest BCUT2D eigenvalue weighted by Gasteiger charge is 2.18. The smallest absolute Gasteiger partial charge is 0.338 e. The molecule has 2 aromatic heterocycles. The number of nitrogens with zero attached hydrogens (tertiary/aromatic N) is 3. The number of fused-ring (bicyclic) bond motifs is 1. The number of ether oxygens (including phenoxy) is 2. The van der Waals surface area contributed by atoms with Crippen molar-refractivity contribution in [1.82, 2.24) is 15.0 Å². The van der Waals surface area contributed by atoms with Gasteiger partial charge in [-0.05, 0) is 37.3 Å². The van der Waals surface area contributed by atoms with Gasteiger partial charge in [0.2, 0.25) is 5.91 Å². The van der Waals surface area contributed by atoms with Gasteiger partial charge in [-0.25, -0.2) is 14.8 Å². The van der Waals surface area contributed by atoms with E-state index < -0.39 is 11.5 Å². The minimum Gasteiger partial charge on any atom is -0.465 e. The third-order valence-corrected chi connectivity index (χ3v) is 5.93. The van der Waals surface area contributed by atoms with Gasteiger partial charge >= 0.3 is 5.97 Å². The van der Waals surface area contributed by atoms with Gasteiger partial charge in [-0.15, -0.1) is 0 Å². The number of nitrogens with one attached hydrogen (secondary N) is 2. The molecule has 0 unspecified atom stereocenters. The number of amides is 1. The number of aromatic amines is 1. The summed E-state index contributed by atoms with van der Waals surface area (Å²) in [5.74, 6) is -0.846. The van der Waals surface area contributed by atoms with Gasteiger partial charge in [0.1, 0.15) is 0 Å². The Balaban J connectivity index is 1.42. The minimum atomic E-state index is -0.641. The summed E-state index contributed by atoms with van der Waals surface area (Å²) in [5, 5.41) is 3.13. The van der Waals surface area contributed by atoms with Gasteiger partial charge in [0.15, 0.2) is 10.8 Å². The zero-order valence-electron chi connectivity index (χ0n) is 18.2. The molecule has 10 nitrogen and oxygen atoms in total. The SMILES string of the molecule is COC(=O)c1cc(C)nc2nc(SCC(=O)Nc3ccc(N4CCOCC4)cc3)[nH]c(=O)c12. The lowest BCUT2D eigenvalue weighted by atomic mass is 10.1. The second kappa shape index (κ2) is 10.0. The van der Waals surface area contributed by atoms with Crippen LogP contribution in [0.4, 0.5) is 11.4 Å². The highest BCUT2D eigenvalue weighted by Crippen LogP contribution is 2.21. The Bertz CT molecular complexity index is 1240. The standard InChI is InChI=1S/C22H23N5O5S/c1-13-11-16(21(30)31-2)18-19(23-13)25-22(26-20(18)29)33-12-17(28)24-14-3-5-15(6-4-14)27-7-9-32-10-8-27/h3-6,11H,7-10,12H2,1-2H3,(H,24,28)(H,23,25,26,29). The van der Waals surface area contributed by atoms with Gasteiger partial charge in [-0.3, -0.25) is 9.59 Å². The number of aromatic nitrogens is 3. The van der Waals surface area contributed by atoms with E-state index in [0.29, 0.717) is 24.6 Å². The zero-order valence-corrected chi connectivity index (χ0v) is 19.0. The molecule has 172 valence electrons. The number of rotatable bonds is 6. The van der Waals surface area contributed by atoms with E-state index >= 15 is 0 Å². The maximum atomic E-state index is 12.6. The molecule has 1 aromatic carbocycles. The van der Waals surface area contributed by atoms with Crippen LogP contribution in [0.1, 0.15) is 16.1 Å². The Morgan fingerprint density at radius 2 is 1.94 bits per heavy atom. The Morgan fingerprint density at radius 3 is 2.64 bits per heavy atom. The molecule has 33 heavy (non-hydrogen) atoms. The molecular formula is C22H23N5O5S. The number of pyridine rings is 1. The fraction of sp³-hybridized carbons (Fsp3) is 0.318. The molecule has 0 spiro atoms. The predicted octanol–water partition coefficient (Wildman–Crippen LogP) is 1.98. The Kier molecular flexibility index (Phi) is 6.90. The molecule has 2 N–H and O–H groups in total. The predicted molar refractivity (Wildman–Crippen MR) is 125 cm³/mol. The average molecular weight is 470 g/mol. The first kappa shape index (κ1) is 22.7. The normalized spacial score (nSPS) is 13.7. The number of aryl methyl sites for hydroxylation is 1. The number of morpholine rings is 1. The first-order valence-corrected chi connectivity index (χ1v) is 11.3. The van der Waals surface area contributed by atoms with Gasteiger partial charge in [0.25, 0.3) is 5.56 Å². The number of hydrogen-bond donors (Lipinski definition) is 2. The lowest BCUT2D eigenvalue weighted by Gasteiger charge is -2.28. The molecule has 4 rings (SSSR count). The Labute approximate surface area is 193 Å². The van der Waals surface area contributed by atoms with Crippen molar-refractivity contribution in [3.63, 3.8) is 0 Å². The first-order valence-electron chi connectivity index (χ1n) is 10.3. The van der Waals surface area contributed by atoms with Crippen LogP contribution in [-0.2, 0) is 14.3 Å². The van der Waals surface area contributed by atoms with Crippen LogP contribution in [0.5, 0.6) is 0 Å². The van der Waals surface area contributed by atoms with E-state index in [1.807, 2.05) is 24.3 Å². The summed E-state index contributed by atoms with van der Waals surface area (Å²) in [5.41, 5.74) is 1.99. The molecular weight excluding hydrogens is 446 g/mol. The molecule has 11 heteroatoms. The van der Waals surface area contributed by atoms with Crippen LogP contribution in [0.15, 0.2) is 40.3 Å². The van der Waals surface area contributed by atoms with Crippen LogP contribution < -0.4 is 15.8 Å². The van der Waals surface area contributed by atoms with Crippen molar-refractivity contribution in [2.24, 2.45) is 0 Å². The van der Waals surface area contributed by atoms with E-state index in [2.05, 4.69) is 25.2 Å².